The molecule has 27 heavy (non-hydrogen) atoms. The zero-order valence-electron chi connectivity index (χ0n) is 14.8. The van der Waals surface area contributed by atoms with Gasteiger partial charge in [-0.2, -0.15) is 5.10 Å². The van der Waals surface area contributed by atoms with Crippen molar-refractivity contribution in [1.82, 2.24) is 29.6 Å². The summed E-state index contributed by atoms with van der Waals surface area (Å²) in [6.07, 6.45) is 4.79. The zero-order chi connectivity index (χ0) is 18.6. The molecule has 0 fully saturated rings. The van der Waals surface area contributed by atoms with Gasteiger partial charge in [-0.25, -0.2) is 9.97 Å². The van der Waals surface area contributed by atoms with Crippen LogP contribution in [0.3, 0.4) is 0 Å². The monoisotopic (exact) mass is 364 g/mol. The first-order valence-electron chi connectivity index (χ1n) is 8.98. The predicted molar refractivity (Wildman–Crippen MR) is 98.7 cm³/mol. The maximum Gasteiger partial charge on any atom is 0.254 e. The van der Waals surface area contributed by atoms with E-state index in [1.807, 2.05) is 30.3 Å². The summed E-state index contributed by atoms with van der Waals surface area (Å²) in [5, 5.41) is 4.04. The van der Waals surface area contributed by atoms with Crippen LogP contribution in [0.4, 0.5) is 0 Å². The number of aryl methyl sites for hydroxylation is 1. The van der Waals surface area contributed by atoms with Crippen molar-refractivity contribution < 1.29 is 4.79 Å². The predicted octanol–water partition coefficient (Wildman–Crippen LogP) is 1.39. The van der Waals surface area contributed by atoms with Crippen molar-refractivity contribution in [3.05, 3.63) is 64.6 Å². The van der Waals surface area contributed by atoms with E-state index in [-0.39, 0.29) is 11.5 Å². The third kappa shape index (κ3) is 3.79. The molecule has 0 bridgehead atoms. The van der Waals surface area contributed by atoms with Crippen LogP contribution in [0.15, 0.2) is 47.8 Å². The molecule has 0 aliphatic carbocycles. The minimum absolute atomic E-state index is 0.0732. The number of H-pyrrole nitrogens is 1. The topological polar surface area (TPSA) is 96.8 Å². The Hall–Kier alpha value is -3.29. The van der Waals surface area contributed by atoms with Crippen molar-refractivity contribution in [1.29, 1.82) is 0 Å². The van der Waals surface area contributed by atoms with Gasteiger partial charge in [0.15, 0.2) is 0 Å². The summed E-state index contributed by atoms with van der Waals surface area (Å²) in [6, 6.07) is 9.53. The summed E-state index contributed by atoms with van der Waals surface area (Å²) >= 11 is 0. The normalized spacial score (nSPS) is 13.4. The summed E-state index contributed by atoms with van der Waals surface area (Å²) in [5.74, 6) is 0.615. The fourth-order valence-corrected chi connectivity index (χ4v) is 3.28. The van der Waals surface area contributed by atoms with Crippen molar-refractivity contribution in [3.8, 4) is 11.4 Å². The summed E-state index contributed by atoms with van der Waals surface area (Å²) < 4.78 is 1.71. The molecule has 1 amide bonds. The van der Waals surface area contributed by atoms with Crippen LogP contribution in [0.1, 0.15) is 24.1 Å². The molecule has 3 heterocycles. The Bertz CT molecular complexity index is 981. The smallest absolute Gasteiger partial charge is 0.254 e. The second kappa shape index (κ2) is 7.53. The molecule has 0 saturated heterocycles. The molecule has 1 aromatic carbocycles. The van der Waals surface area contributed by atoms with Crippen LogP contribution in [0.2, 0.25) is 0 Å². The van der Waals surface area contributed by atoms with Crippen molar-refractivity contribution >= 4 is 5.91 Å². The first-order valence-corrected chi connectivity index (χ1v) is 8.98. The lowest BCUT2D eigenvalue weighted by Gasteiger charge is -2.28. The highest BCUT2D eigenvalue weighted by atomic mass is 16.2. The number of hydrogen-bond acceptors (Lipinski definition) is 5. The second-order valence-electron chi connectivity index (χ2n) is 6.53. The average Bonchev–Trinajstić information content (AvgIpc) is 3.21. The number of benzene rings is 1. The standard InChI is InChI=1S/C19H20N6O2/c26-17(7-4-9-25-13-20-12-21-25)24-10-8-15-16(11-24)22-18(23-19(15)27)14-5-2-1-3-6-14/h1-3,5-6,12-13H,4,7-11H2,(H,22,23,27). The van der Waals surface area contributed by atoms with E-state index in [2.05, 4.69) is 20.1 Å². The number of carbonyl (C=O) groups excluding carboxylic acids is 1. The van der Waals surface area contributed by atoms with Gasteiger partial charge in [0, 0.05) is 30.6 Å². The van der Waals surface area contributed by atoms with E-state index >= 15 is 0 Å². The van der Waals surface area contributed by atoms with Crippen LogP contribution in [-0.4, -0.2) is 42.1 Å². The van der Waals surface area contributed by atoms with E-state index < -0.39 is 0 Å². The molecule has 1 aliphatic rings. The Morgan fingerprint density at radius 3 is 2.85 bits per heavy atom. The van der Waals surface area contributed by atoms with Gasteiger partial charge in [-0.3, -0.25) is 14.3 Å². The fraction of sp³-hybridized carbons (Fsp3) is 0.316. The van der Waals surface area contributed by atoms with Gasteiger partial charge in [-0.15, -0.1) is 0 Å². The summed E-state index contributed by atoms with van der Waals surface area (Å²) in [6.45, 7) is 1.58. The van der Waals surface area contributed by atoms with Crippen molar-refractivity contribution in [3.63, 3.8) is 0 Å². The highest BCUT2D eigenvalue weighted by Crippen LogP contribution is 2.19. The fourth-order valence-electron chi connectivity index (χ4n) is 3.28. The Kier molecular flexibility index (Phi) is 4.78. The molecule has 8 heteroatoms. The van der Waals surface area contributed by atoms with Crippen molar-refractivity contribution in [2.45, 2.75) is 32.4 Å². The first kappa shape index (κ1) is 17.1. The summed E-state index contributed by atoms with van der Waals surface area (Å²) in [5.41, 5.74) is 2.11. The average molecular weight is 364 g/mol. The molecule has 4 rings (SSSR count). The number of hydrogen-bond donors (Lipinski definition) is 1. The number of nitrogens with one attached hydrogen (secondary N) is 1. The number of carbonyl (C=O) groups is 1. The summed E-state index contributed by atoms with van der Waals surface area (Å²) in [7, 11) is 0. The van der Waals surface area contributed by atoms with Crippen LogP contribution >= 0.6 is 0 Å². The summed E-state index contributed by atoms with van der Waals surface area (Å²) in [4.78, 5) is 38.1. The van der Waals surface area contributed by atoms with Crippen molar-refractivity contribution in [2.24, 2.45) is 0 Å². The van der Waals surface area contributed by atoms with E-state index in [4.69, 9.17) is 0 Å². The maximum absolute atomic E-state index is 12.5. The number of aromatic amines is 1. The van der Waals surface area contributed by atoms with Crippen LogP contribution in [0, 0.1) is 0 Å². The van der Waals surface area contributed by atoms with Gasteiger partial charge in [-0.1, -0.05) is 30.3 Å². The highest BCUT2D eigenvalue weighted by Gasteiger charge is 2.24. The van der Waals surface area contributed by atoms with Crippen LogP contribution in [0.25, 0.3) is 11.4 Å². The van der Waals surface area contributed by atoms with Gasteiger partial charge in [0.25, 0.3) is 5.56 Å². The van der Waals surface area contributed by atoms with E-state index in [1.165, 1.54) is 6.33 Å². The lowest BCUT2D eigenvalue weighted by atomic mass is 10.1. The van der Waals surface area contributed by atoms with Crippen molar-refractivity contribution in [2.75, 3.05) is 6.54 Å². The Morgan fingerprint density at radius 1 is 1.22 bits per heavy atom. The molecule has 1 aliphatic heterocycles. The molecule has 0 atom stereocenters. The van der Waals surface area contributed by atoms with Crippen LogP contribution < -0.4 is 5.56 Å². The highest BCUT2D eigenvalue weighted by molar-refractivity contribution is 5.76. The zero-order valence-corrected chi connectivity index (χ0v) is 14.8. The van der Waals surface area contributed by atoms with Gasteiger partial charge >= 0.3 is 0 Å². The van der Waals surface area contributed by atoms with E-state index in [0.29, 0.717) is 56.0 Å². The minimum Gasteiger partial charge on any atom is -0.336 e. The molecule has 0 unspecified atom stereocenters. The second-order valence-corrected chi connectivity index (χ2v) is 6.53. The minimum atomic E-state index is -0.114. The lowest BCUT2D eigenvalue weighted by molar-refractivity contribution is -0.132. The van der Waals surface area contributed by atoms with E-state index in [1.54, 1.807) is 15.9 Å². The Labute approximate surface area is 155 Å². The van der Waals surface area contributed by atoms with Gasteiger partial charge in [0.05, 0.1) is 12.2 Å². The van der Waals surface area contributed by atoms with Gasteiger partial charge in [0.1, 0.15) is 18.5 Å². The molecular formula is C19H20N6O2. The molecule has 0 radical (unpaired) electrons. The Morgan fingerprint density at radius 2 is 2.07 bits per heavy atom. The molecule has 2 aromatic heterocycles. The number of aromatic nitrogens is 5. The molecule has 1 N–H and O–H groups in total. The number of fused-ring (bicyclic) bond motifs is 1. The molecule has 138 valence electrons. The SMILES string of the molecule is O=C(CCCn1cncn1)N1CCc2c(nc(-c3ccccc3)[nH]c2=O)C1. The Balaban J connectivity index is 1.46. The molecule has 8 nitrogen and oxygen atoms in total. The van der Waals surface area contributed by atoms with Gasteiger partial charge in [0.2, 0.25) is 5.91 Å². The van der Waals surface area contributed by atoms with Crippen LogP contribution in [-0.2, 0) is 24.3 Å². The van der Waals surface area contributed by atoms with Gasteiger partial charge in [-0.05, 0) is 12.8 Å². The molecule has 3 aromatic rings. The van der Waals surface area contributed by atoms with E-state index in [0.717, 1.165) is 5.56 Å². The first-order chi connectivity index (χ1) is 13.2. The quantitative estimate of drug-likeness (QED) is 0.738. The van der Waals surface area contributed by atoms with Crippen LogP contribution in [0.5, 0.6) is 0 Å². The molecule has 0 saturated carbocycles. The number of amides is 1. The lowest BCUT2D eigenvalue weighted by Crippen LogP contribution is -2.39. The third-order valence-electron chi connectivity index (χ3n) is 4.72. The number of rotatable bonds is 5. The largest absolute Gasteiger partial charge is 0.336 e. The van der Waals surface area contributed by atoms with E-state index in [9.17, 15) is 9.59 Å². The molecule has 0 spiro atoms. The van der Waals surface area contributed by atoms with Gasteiger partial charge < -0.3 is 9.88 Å². The molecular weight excluding hydrogens is 344 g/mol. The third-order valence-corrected chi connectivity index (χ3v) is 4.72. The number of nitrogens with zero attached hydrogens (tertiary/aromatic N) is 5. The maximum atomic E-state index is 12.5.